The minimum atomic E-state index is -0.191. The molecule has 3 heterocycles. The highest BCUT2D eigenvalue weighted by molar-refractivity contribution is 5.95. The Hall–Kier alpha value is -1.70. The lowest BCUT2D eigenvalue weighted by molar-refractivity contribution is 0.0362. The molecule has 7 heteroatoms. The zero-order valence-corrected chi connectivity index (χ0v) is 17.2. The molecule has 1 aromatic heterocycles. The maximum Gasteiger partial charge on any atom is 0.263 e. The second kappa shape index (κ2) is 10.2. The number of ether oxygens (including phenoxy) is 2. The maximum atomic E-state index is 12.9. The zero-order valence-electron chi connectivity index (χ0n) is 17.2. The molecule has 2 aliphatic heterocycles. The van der Waals surface area contributed by atoms with Crippen LogP contribution in [0.25, 0.3) is 0 Å². The molecule has 0 N–H and O–H groups in total. The molecular formula is C21H33N3O4. The number of carbonyl (C=O) groups is 1. The summed E-state index contributed by atoms with van der Waals surface area (Å²) < 4.78 is 12.7. The zero-order chi connectivity index (χ0) is 19.9. The first-order valence-corrected chi connectivity index (χ1v) is 10.4. The van der Waals surface area contributed by atoms with E-state index in [0.717, 1.165) is 70.7 Å². The number of carbonyl (C=O) groups excluding carboxylic acids is 1. The summed E-state index contributed by atoms with van der Waals surface area (Å²) in [5.41, 5.74) is 0.844. The SMILES string of the molecule is Cc1ccn(CCN2CCOCC2)c(=O)c1C(=O)N(C)CCCC1CCCO1. The van der Waals surface area contributed by atoms with Crippen LogP contribution in [0.15, 0.2) is 17.1 Å². The van der Waals surface area contributed by atoms with Crippen LogP contribution in [0.4, 0.5) is 0 Å². The number of hydrogen-bond donors (Lipinski definition) is 0. The predicted octanol–water partition coefficient (Wildman–Crippen LogP) is 1.52. The Balaban J connectivity index is 1.59. The lowest BCUT2D eigenvalue weighted by Crippen LogP contribution is -2.40. The molecule has 0 bridgehead atoms. The van der Waals surface area contributed by atoms with Gasteiger partial charge in [0.15, 0.2) is 0 Å². The summed E-state index contributed by atoms with van der Waals surface area (Å²) in [6, 6.07) is 1.87. The minimum Gasteiger partial charge on any atom is -0.379 e. The Morgan fingerprint density at radius 1 is 1.25 bits per heavy atom. The average Bonchev–Trinajstić information content (AvgIpc) is 3.21. The highest BCUT2D eigenvalue weighted by Gasteiger charge is 2.21. The van der Waals surface area contributed by atoms with Gasteiger partial charge in [0.25, 0.3) is 11.5 Å². The van der Waals surface area contributed by atoms with Gasteiger partial charge in [-0.1, -0.05) is 0 Å². The normalized spacial score (nSPS) is 20.4. The van der Waals surface area contributed by atoms with Crippen molar-refractivity contribution in [1.82, 2.24) is 14.4 Å². The van der Waals surface area contributed by atoms with Crippen molar-refractivity contribution in [2.75, 3.05) is 53.0 Å². The summed E-state index contributed by atoms with van der Waals surface area (Å²) in [5.74, 6) is -0.185. The molecular weight excluding hydrogens is 358 g/mol. The molecule has 156 valence electrons. The number of hydrogen-bond acceptors (Lipinski definition) is 5. The first-order chi connectivity index (χ1) is 13.6. The van der Waals surface area contributed by atoms with E-state index in [9.17, 15) is 9.59 Å². The van der Waals surface area contributed by atoms with E-state index in [1.165, 1.54) is 0 Å². The first-order valence-electron chi connectivity index (χ1n) is 10.4. The number of pyridine rings is 1. The van der Waals surface area contributed by atoms with Crippen molar-refractivity contribution < 1.29 is 14.3 Å². The highest BCUT2D eigenvalue weighted by Crippen LogP contribution is 2.17. The Morgan fingerprint density at radius 2 is 2.04 bits per heavy atom. The molecule has 0 saturated carbocycles. The number of amides is 1. The van der Waals surface area contributed by atoms with Gasteiger partial charge in [-0.25, -0.2) is 0 Å². The largest absolute Gasteiger partial charge is 0.379 e. The number of rotatable bonds is 8. The van der Waals surface area contributed by atoms with Gasteiger partial charge >= 0.3 is 0 Å². The van der Waals surface area contributed by atoms with Gasteiger partial charge < -0.3 is 18.9 Å². The Kier molecular flexibility index (Phi) is 7.65. The van der Waals surface area contributed by atoms with Crippen LogP contribution in [0, 0.1) is 6.92 Å². The van der Waals surface area contributed by atoms with E-state index in [4.69, 9.17) is 9.47 Å². The Bertz CT molecular complexity index is 706. The summed E-state index contributed by atoms with van der Waals surface area (Å²) >= 11 is 0. The molecule has 2 fully saturated rings. The van der Waals surface area contributed by atoms with Crippen molar-refractivity contribution in [2.45, 2.75) is 45.3 Å². The molecule has 3 rings (SSSR count). The van der Waals surface area contributed by atoms with Gasteiger partial charge in [-0.15, -0.1) is 0 Å². The molecule has 7 nitrogen and oxygen atoms in total. The average molecular weight is 392 g/mol. The van der Waals surface area contributed by atoms with E-state index >= 15 is 0 Å². The third-order valence-electron chi connectivity index (χ3n) is 5.74. The van der Waals surface area contributed by atoms with E-state index in [1.807, 2.05) is 13.0 Å². The van der Waals surface area contributed by atoms with Crippen LogP contribution in [-0.4, -0.2) is 79.4 Å². The van der Waals surface area contributed by atoms with Crippen LogP contribution in [0.2, 0.25) is 0 Å². The van der Waals surface area contributed by atoms with Gasteiger partial charge in [0, 0.05) is 52.6 Å². The second-order valence-electron chi connectivity index (χ2n) is 7.83. The molecule has 2 saturated heterocycles. The summed E-state index contributed by atoms with van der Waals surface area (Å²) in [6.45, 7) is 7.96. The standard InChI is InChI=1S/C21H33N3O4/c1-17-7-9-24(11-10-23-12-15-27-16-13-23)21(26)19(17)20(25)22(2)8-3-5-18-6-4-14-28-18/h7,9,18H,3-6,8,10-16H2,1-2H3. The lowest BCUT2D eigenvalue weighted by atomic mass is 10.1. The summed E-state index contributed by atoms with van der Waals surface area (Å²) in [7, 11) is 1.78. The highest BCUT2D eigenvalue weighted by atomic mass is 16.5. The van der Waals surface area contributed by atoms with E-state index in [2.05, 4.69) is 4.90 Å². The Labute approximate surface area is 167 Å². The fourth-order valence-electron chi connectivity index (χ4n) is 3.90. The van der Waals surface area contributed by atoms with Gasteiger partial charge in [0.2, 0.25) is 0 Å². The summed E-state index contributed by atoms with van der Waals surface area (Å²) in [4.78, 5) is 29.8. The quantitative estimate of drug-likeness (QED) is 0.672. The fraction of sp³-hybridized carbons (Fsp3) is 0.714. The first kappa shape index (κ1) is 21.0. The molecule has 28 heavy (non-hydrogen) atoms. The van der Waals surface area contributed by atoms with Crippen LogP contribution in [0.5, 0.6) is 0 Å². The van der Waals surface area contributed by atoms with Crippen LogP contribution < -0.4 is 5.56 Å². The number of aryl methyl sites for hydroxylation is 1. The molecule has 1 unspecified atom stereocenters. The minimum absolute atomic E-state index is 0.185. The van der Waals surface area contributed by atoms with Crippen molar-refractivity contribution in [2.24, 2.45) is 0 Å². The van der Waals surface area contributed by atoms with E-state index in [0.29, 0.717) is 24.8 Å². The smallest absolute Gasteiger partial charge is 0.263 e. The third kappa shape index (κ3) is 5.43. The molecule has 2 aliphatic rings. The van der Waals surface area contributed by atoms with Gasteiger partial charge in [-0.05, 0) is 44.2 Å². The second-order valence-corrected chi connectivity index (χ2v) is 7.83. The van der Waals surface area contributed by atoms with Crippen molar-refractivity contribution >= 4 is 5.91 Å². The van der Waals surface area contributed by atoms with Gasteiger partial charge in [-0.2, -0.15) is 0 Å². The molecule has 1 amide bonds. The topological polar surface area (TPSA) is 64.0 Å². The van der Waals surface area contributed by atoms with Gasteiger partial charge in [0.05, 0.1) is 19.3 Å². The van der Waals surface area contributed by atoms with Crippen LogP contribution in [0.1, 0.15) is 41.6 Å². The number of aromatic nitrogens is 1. The number of nitrogens with zero attached hydrogens (tertiary/aromatic N) is 3. The van der Waals surface area contributed by atoms with Gasteiger partial charge in [0.1, 0.15) is 5.56 Å². The summed E-state index contributed by atoms with van der Waals surface area (Å²) in [6.07, 6.45) is 6.24. The fourth-order valence-corrected chi connectivity index (χ4v) is 3.90. The third-order valence-corrected chi connectivity index (χ3v) is 5.74. The van der Waals surface area contributed by atoms with Gasteiger partial charge in [-0.3, -0.25) is 14.5 Å². The number of morpholine rings is 1. The Morgan fingerprint density at radius 3 is 2.75 bits per heavy atom. The lowest BCUT2D eigenvalue weighted by Gasteiger charge is -2.26. The van der Waals surface area contributed by atoms with E-state index in [-0.39, 0.29) is 11.5 Å². The molecule has 0 aliphatic carbocycles. The molecule has 1 aromatic rings. The molecule has 0 spiro atoms. The molecule has 0 radical (unpaired) electrons. The van der Waals surface area contributed by atoms with Crippen molar-refractivity contribution in [3.05, 3.63) is 33.7 Å². The molecule has 1 atom stereocenters. The predicted molar refractivity (Wildman–Crippen MR) is 108 cm³/mol. The van der Waals surface area contributed by atoms with Crippen LogP contribution in [0.3, 0.4) is 0 Å². The monoisotopic (exact) mass is 391 g/mol. The van der Waals surface area contributed by atoms with Crippen LogP contribution >= 0.6 is 0 Å². The summed E-state index contributed by atoms with van der Waals surface area (Å²) in [5, 5.41) is 0. The van der Waals surface area contributed by atoms with Crippen LogP contribution in [-0.2, 0) is 16.0 Å². The van der Waals surface area contributed by atoms with Crippen molar-refractivity contribution in [3.63, 3.8) is 0 Å². The van der Waals surface area contributed by atoms with E-state index < -0.39 is 0 Å². The maximum absolute atomic E-state index is 12.9. The van der Waals surface area contributed by atoms with E-state index in [1.54, 1.807) is 22.7 Å². The molecule has 0 aromatic carbocycles. The van der Waals surface area contributed by atoms with Crippen molar-refractivity contribution in [3.8, 4) is 0 Å². The van der Waals surface area contributed by atoms with Crippen molar-refractivity contribution in [1.29, 1.82) is 0 Å².